The van der Waals surface area contributed by atoms with Crippen molar-refractivity contribution in [1.29, 1.82) is 0 Å². The summed E-state index contributed by atoms with van der Waals surface area (Å²) < 4.78 is 0. The zero-order chi connectivity index (χ0) is 16.1. The number of carbonyl (C=O) groups is 1. The predicted molar refractivity (Wildman–Crippen MR) is 89.8 cm³/mol. The third-order valence-corrected chi connectivity index (χ3v) is 3.41. The lowest BCUT2D eigenvalue weighted by molar-refractivity contribution is 0.102. The van der Waals surface area contributed by atoms with Crippen molar-refractivity contribution in [2.24, 2.45) is 5.92 Å². The minimum absolute atomic E-state index is 0.325. The number of rotatable bonds is 5. The summed E-state index contributed by atoms with van der Waals surface area (Å²) in [7, 11) is 0. The molecule has 1 aromatic heterocycles. The quantitative estimate of drug-likeness (QED) is 0.860. The first-order valence-corrected chi connectivity index (χ1v) is 7.54. The minimum Gasteiger partial charge on any atom is -0.354 e. The Labute approximate surface area is 139 Å². The van der Waals surface area contributed by atoms with Gasteiger partial charge in [0.15, 0.2) is 0 Å². The summed E-state index contributed by atoms with van der Waals surface area (Å²) in [6, 6.07) is 5.01. The molecular formula is C15H16Cl2N4O. The standard InChI is InChI=1S/C15H16Cl2N4O/c1-9(2)6-18-15-19-7-10(8-20-15)14(22)21-13-11(16)4-3-5-12(13)17/h3-5,7-9H,6H2,1-2H3,(H,21,22)(H,18,19,20). The number of amides is 1. The van der Waals surface area contributed by atoms with Crippen LogP contribution in [0.15, 0.2) is 30.6 Å². The second-order valence-electron chi connectivity index (χ2n) is 5.12. The second kappa shape index (κ2) is 7.42. The molecule has 7 heteroatoms. The highest BCUT2D eigenvalue weighted by atomic mass is 35.5. The fourth-order valence-corrected chi connectivity index (χ4v) is 2.13. The van der Waals surface area contributed by atoms with Crippen molar-refractivity contribution in [3.8, 4) is 0 Å². The van der Waals surface area contributed by atoms with Crippen LogP contribution in [0.2, 0.25) is 10.0 Å². The maximum Gasteiger partial charge on any atom is 0.258 e. The first-order valence-electron chi connectivity index (χ1n) is 6.78. The zero-order valence-corrected chi connectivity index (χ0v) is 13.7. The molecule has 0 atom stereocenters. The lowest BCUT2D eigenvalue weighted by Gasteiger charge is -2.10. The van der Waals surface area contributed by atoms with Gasteiger partial charge in [-0.05, 0) is 18.1 Å². The third-order valence-electron chi connectivity index (χ3n) is 2.78. The molecule has 116 valence electrons. The van der Waals surface area contributed by atoms with E-state index >= 15 is 0 Å². The predicted octanol–water partition coefficient (Wildman–Crippen LogP) is 4.10. The van der Waals surface area contributed by atoms with Crippen LogP contribution in [0.5, 0.6) is 0 Å². The fourth-order valence-electron chi connectivity index (χ4n) is 1.63. The van der Waals surface area contributed by atoms with Crippen LogP contribution in [0.3, 0.4) is 0 Å². The summed E-state index contributed by atoms with van der Waals surface area (Å²) in [5, 5.41) is 6.49. The number of hydrogen-bond acceptors (Lipinski definition) is 4. The molecule has 2 N–H and O–H groups in total. The first-order chi connectivity index (χ1) is 10.5. The Morgan fingerprint density at radius 3 is 2.32 bits per heavy atom. The normalized spacial score (nSPS) is 10.6. The Hall–Kier alpha value is -1.85. The molecule has 2 rings (SSSR count). The van der Waals surface area contributed by atoms with Crippen LogP contribution in [0.1, 0.15) is 24.2 Å². The molecule has 0 bridgehead atoms. The van der Waals surface area contributed by atoms with E-state index in [1.165, 1.54) is 12.4 Å². The second-order valence-corrected chi connectivity index (χ2v) is 5.94. The largest absolute Gasteiger partial charge is 0.354 e. The lowest BCUT2D eigenvalue weighted by atomic mass is 10.2. The molecule has 1 aromatic carbocycles. The zero-order valence-electron chi connectivity index (χ0n) is 12.2. The summed E-state index contributed by atoms with van der Waals surface area (Å²) in [6.45, 7) is 4.94. The van der Waals surface area contributed by atoms with Gasteiger partial charge in [-0.25, -0.2) is 9.97 Å². The van der Waals surface area contributed by atoms with E-state index < -0.39 is 0 Å². The van der Waals surface area contributed by atoms with Crippen LogP contribution in [-0.4, -0.2) is 22.4 Å². The molecule has 0 radical (unpaired) electrons. The molecular weight excluding hydrogens is 323 g/mol. The fraction of sp³-hybridized carbons (Fsp3) is 0.267. The minimum atomic E-state index is -0.370. The van der Waals surface area contributed by atoms with E-state index in [1.807, 2.05) is 0 Å². The Morgan fingerprint density at radius 1 is 1.18 bits per heavy atom. The van der Waals surface area contributed by atoms with E-state index in [9.17, 15) is 4.79 Å². The Balaban J connectivity index is 2.07. The summed E-state index contributed by atoms with van der Waals surface area (Å²) in [6.07, 6.45) is 2.91. The highest BCUT2D eigenvalue weighted by Crippen LogP contribution is 2.30. The number of anilines is 2. The van der Waals surface area contributed by atoms with Gasteiger partial charge in [0.2, 0.25) is 5.95 Å². The number of carbonyl (C=O) groups excluding carboxylic acids is 1. The van der Waals surface area contributed by atoms with E-state index in [1.54, 1.807) is 18.2 Å². The molecule has 0 unspecified atom stereocenters. The number of benzene rings is 1. The van der Waals surface area contributed by atoms with Crippen molar-refractivity contribution in [2.45, 2.75) is 13.8 Å². The monoisotopic (exact) mass is 338 g/mol. The molecule has 2 aromatic rings. The highest BCUT2D eigenvalue weighted by Gasteiger charge is 2.12. The van der Waals surface area contributed by atoms with E-state index in [0.717, 1.165) is 6.54 Å². The number of halogens is 2. The molecule has 0 spiro atoms. The van der Waals surface area contributed by atoms with E-state index in [2.05, 4.69) is 34.4 Å². The molecule has 0 aliphatic carbocycles. The molecule has 5 nitrogen and oxygen atoms in total. The average Bonchev–Trinajstić information content (AvgIpc) is 2.49. The molecule has 0 aliphatic heterocycles. The van der Waals surface area contributed by atoms with Crippen LogP contribution in [0.4, 0.5) is 11.6 Å². The van der Waals surface area contributed by atoms with Crippen LogP contribution < -0.4 is 10.6 Å². The first kappa shape index (κ1) is 16.5. The molecule has 1 heterocycles. The third kappa shape index (κ3) is 4.32. The van der Waals surface area contributed by atoms with E-state index in [0.29, 0.717) is 33.2 Å². The number of nitrogens with one attached hydrogen (secondary N) is 2. The molecule has 22 heavy (non-hydrogen) atoms. The van der Waals surface area contributed by atoms with Crippen LogP contribution in [-0.2, 0) is 0 Å². The van der Waals surface area contributed by atoms with Crippen molar-refractivity contribution in [3.05, 3.63) is 46.2 Å². The van der Waals surface area contributed by atoms with Gasteiger partial charge < -0.3 is 10.6 Å². The molecule has 0 aliphatic rings. The Morgan fingerprint density at radius 2 is 1.77 bits per heavy atom. The van der Waals surface area contributed by atoms with Gasteiger partial charge in [0.1, 0.15) is 0 Å². The van der Waals surface area contributed by atoms with Crippen molar-refractivity contribution < 1.29 is 4.79 Å². The van der Waals surface area contributed by atoms with Crippen molar-refractivity contribution >= 4 is 40.7 Å². The number of hydrogen-bond donors (Lipinski definition) is 2. The summed E-state index contributed by atoms with van der Waals surface area (Å²) in [5.74, 6) is 0.598. The SMILES string of the molecule is CC(C)CNc1ncc(C(=O)Nc2c(Cl)cccc2Cl)cn1. The number of para-hydroxylation sites is 1. The topological polar surface area (TPSA) is 66.9 Å². The van der Waals surface area contributed by atoms with Crippen LogP contribution in [0.25, 0.3) is 0 Å². The van der Waals surface area contributed by atoms with Crippen LogP contribution in [0, 0.1) is 5.92 Å². The van der Waals surface area contributed by atoms with Gasteiger partial charge in [0, 0.05) is 18.9 Å². The van der Waals surface area contributed by atoms with Gasteiger partial charge in [-0.1, -0.05) is 43.1 Å². The van der Waals surface area contributed by atoms with Gasteiger partial charge in [-0.15, -0.1) is 0 Å². The van der Waals surface area contributed by atoms with Crippen LogP contribution >= 0.6 is 23.2 Å². The number of nitrogens with zero attached hydrogens (tertiary/aromatic N) is 2. The van der Waals surface area contributed by atoms with Gasteiger partial charge in [0.05, 0.1) is 21.3 Å². The summed E-state index contributed by atoms with van der Waals surface area (Å²) in [5.41, 5.74) is 0.698. The molecule has 0 saturated heterocycles. The van der Waals surface area contributed by atoms with Crippen molar-refractivity contribution in [1.82, 2.24) is 9.97 Å². The van der Waals surface area contributed by atoms with Crippen molar-refractivity contribution in [2.75, 3.05) is 17.2 Å². The van der Waals surface area contributed by atoms with E-state index in [-0.39, 0.29) is 5.91 Å². The Kier molecular flexibility index (Phi) is 5.57. The van der Waals surface area contributed by atoms with E-state index in [4.69, 9.17) is 23.2 Å². The maximum absolute atomic E-state index is 12.2. The maximum atomic E-state index is 12.2. The summed E-state index contributed by atoms with van der Waals surface area (Å²) >= 11 is 12.0. The molecule has 0 saturated carbocycles. The number of aromatic nitrogens is 2. The molecule has 0 fully saturated rings. The average molecular weight is 339 g/mol. The van der Waals surface area contributed by atoms with Gasteiger partial charge in [0.25, 0.3) is 5.91 Å². The van der Waals surface area contributed by atoms with Gasteiger partial charge in [-0.3, -0.25) is 4.79 Å². The molecule has 1 amide bonds. The van der Waals surface area contributed by atoms with Gasteiger partial charge >= 0.3 is 0 Å². The van der Waals surface area contributed by atoms with Gasteiger partial charge in [-0.2, -0.15) is 0 Å². The summed E-state index contributed by atoms with van der Waals surface area (Å²) in [4.78, 5) is 20.4. The lowest BCUT2D eigenvalue weighted by Crippen LogP contribution is -2.15. The van der Waals surface area contributed by atoms with Crippen molar-refractivity contribution in [3.63, 3.8) is 0 Å². The smallest absolute Gasteiger partial charge is 0.258 e. The highest BCUT2D eigenvalue weighted by molar-refractivity contribution is 6.40. The Bertz CT molecular complexity index is 639.